The number of benzene rings is 6. The molecule has 0 spiro atoms. The zero-order valence-corrected chi connectivity index (χ0v) is 64.6. The third-order valence-electron chi connectivity index (χ3n) is 19.9. The minimum absolute atomic E-state index is 0.0365. The van der Waals surface area contributed by atoms with Gasteiger partial charge in [0.2, 0.25) is 0 Å². The largest absolute Gasteiger partial charge is 0.416 e. The standard InChI is InChI=1S/C27H29F3N8O.C26H29F3N8O.C26H26F3N7O/c1-17-5-6-19(11-25(17)38-16-24(33-34-38)23-15-31-36(4)18(23)2)26(39)32-21-12-20(27(28,29)30)13-22(14-21)37-9-7-35(3)8-10-37;1-16-6-7-18(10-24(16)37-15-23(33-34-37)22-14-31-36(5)17(22)2)25(38)32-21-12-19(26(27,28)29)11-20(13-21)30-8-9-35(3)4;1-16-6-7-18(10-24(16)36-15-23(32-33-36)22-14-30-34(3)17(22)2)25(37)31-20-11-19(26(27,28)29)12-21(13-20)35-8-4-5-9-35/h5-6,11-16H,7-10H2,1-4H3,(H,32,39);6-7,10-15,30H,8-9H2,1-5H3,(H,32,38);6-7,10-15H,4-5,8-9H2,1-3H3,(H,31,37). The minimum Gasteiger partial charge on any atom is -0.384 e. The van der Waals surface area contributed by atoms with E-state index in [0.717, 1.165) is 113 Å². The van der Waals surface area contributed by atoms with Gasteiger partial charge in [0.1, 0.15) is 17.1 Å². The van der Waals surface area contributed by atoms with Crippen molar-refractivity contribution >= 4 is 51.8 Å². The molecular weight excluding hydrogens is 1490 g/mol. The maximum Gasteiger partial charge on any atom is 0.416 e. The molecule has 14 rings (SSSR count). The predicted octanol–water partition coefficient (Wildman–Crippen LogP) is 14.0. The fourth-order valence-electron chi connectivity index (χ4n) is 12.9. The van der Waals surface area contributed by atoms with Crippen LogP contribution in [0.15, 0.2) is 146 Å². The monoisotopic (exact) mass is 1570 g/mol. The first kappa shape index (κ1) is 81.0. The van der Waals surface area contributed by atoms with Gasteiger partial charge in [0.25, 0.3) is 17.7 Å². The summed E-state index contributed by atoms with van der Waals surface area (Å²) in [6.07, 6.45) is -1.40. The molecule has 596 valence electrons. The molecule has 6 aromatic carbocycles. The van der Waals surface area contributed by atoms with Gasteiger partial charge in [0, 0.05) is 158 Å². The van der Waals surface area contributed by atoms with Crippen molar-refractivity contribution < 1.29 is 53.9 Å². The number of rotatable bonds is 18. The lowest BCUT2D eigenvalue weighted by Crippen LogP contribution is -2.44. The van der Waals surface area contributed by atoms with Crippen molar-refractivity contribution in [2.24, 2.45) is 21.1 Å². The van der Waals surface area contributed by atoms with Crippen molar-refractivity contribution in [2.45, 2.75) is 72.9 Å². The fourth-order valence-corrected chi connectivity index (χ4v) is 12.9. The number of hydrogen-bond donors (Lipinski definition) is 4. The molecule has 0 aliphatic carbocycles. The number of halogens is 9. The van der Waals surface area contributed by atoms with Crippen LogP contribution in [0.2, 0.25) is 0 Å². The van der Waals surface area contributed by atoms with Gasteiger partial charge in [-0.25, -0.2) is 14.0 Å². The summed E-state index contributed by atoms with van der Waals surface area (Å²) in [6.45, 7) is 16.6. The van der Waals surface area contributed by atoms with Crippen LogP contribution >= 0.6 is 0 Å². The number of carbonyl (C=O) groups is 3. The second-order valence-corrected chi connectivity index (χ2v) is 28.4. The van der Waals surface area contributed by atoms with Gasteiger partial charge in [0.15, 0.2) is 0 Å². The minimum atomic E-state index is -4.56. The summed E-state index contributed by atoms with van der Waals surface area (Å²) < 4.78 is 132. The van der Waals surface area contributed by atoms with E-state index >= 15 is 0 Å². The quantitative estimate of drug-likeness (QED) is 0.0582. The number of alkyl halides is 9. The lowest BCUT2D eigenvalue weighted by molar-refractivity contribution is -0.138. The summed E-state index contributed by atoms with van der Waals surface area (Å²) in [7, 11) is 11.2. The number of aryl methyl sites for hydroxylation is 6. The number of hydrogen-bond acceptors (Lipinski definition) is 17. The van der Waals surface area contributed by atoms with Crippen LogP contribution in [-0.4, -0.2) is 175 Å². The summed E-state index contributed by atoms with van der Waals surface area (Å²) in [5.41, 5.74) is 11.4. The highest BCUT2D eigenvalue weighted by atomic mass is 19.4. The first-order chi connectivity index (χ1) is 54.0. The Kier molecular flexibility index (Phi) is 23.7. The van der Waals surface area contributed by atoms with Crippen molar-refractivity contribution in [1.82, 2.24) is 84.1 Å². The number of nitrogens with one attached hydrogen (secondary N) is 4. The Morgan fingerprint density at radius 2 is 0.737 bits per heavy atom. The molecule has 0 bridgehead atoms. The molecule has 2 saturated heterocycles. The van der Waals surface area contributed by atoms with Gasteiger partial charge in [0.05, 0.1) is 70.9 Å². The normalized spacial score (nSPS) is 13.4. The molecule has 0 unspecified atom stereocenters. The third-order valence-corrected chi connectivity index (χ3v) is 19.9. The number of carbonyl (C=O) groups excluding carboxylic acids is 3. The van der Waals surface area contributed by atoms with Crippen LogP contribution < -0.4 is 31.1 Å². The van der Waals surface area contributed by atoms with Crippen LogP contribution in [0.3, 0.4) is 0 Å². The van der Waals surface area contributed by atoms with Crippen molar-refractivity contribution in [1.29, 1.82) is 0 Å². The van der Waals surface area contributed by atoms with Crippen LogP contribution in [0.1, 0.15) is 94.4 Å². The van der Waals surface area contributed by atoms with E-state index in [1.807, 2.05) is 98.5 Å². The Balaban J connectivity index is 0.000000158. The average Bonchev–Trinajstić information content (AvgIpc) is 1.74. The van der Waals surface area contributed by atoms with Gasteiger partial charge in [-0.1, -0.05) is 33.8 Å². The highest BCUT2D eigenvalue weighted by Crippen LogP contribution is 2.39. The Morgan fingerprint density at radius 3 is 1.06 bits per heavy atom. The highest BCUT2D eigenvalue weighted by Gasteiger charge is 2.35. The van der Waals surface area contributed by atoms with Crippen molar-refractivity contribution in [3.05, 3.63) is 214 Å². The molecule has 12 aromatic rings. The fraction of sp³-hybridized carbons (Fsp3) is 0.316. The van der Waals surface area contributed by atoms with Gasteiger partial charge < -0.3 is 40.9 Å². The van der Waals surface area contributed by atoms with E-state index in [4.69, 9.17) is 0 Å². The number of amides is 3. The number of aromatic nitrogens is 15. The summed E-state index contributed by atoms with van der Waals surface area (Å²) in [5, 5.41) is 49.0. The molecule has 8 heterocycles. The zero-order valence-electron chi connectivity index (χ0n) is 64.6. The van der Waals surface area contributed by atoms with E-state index < -0.39 is 52.9 Å². The summed E-state index contributed by atoms with van der Waals surface area (Å²) >= 11 is 0. The van der Waals surface area contributed by atoms with E-state index in [9.17, 15) is 53.9 Å². The second kappa shape index (κ2) is 33.4. The Bertz CT molecular complexity index is 5500. The van der Waals surface area contributed by atoms with Crippen LogP contribution in [0, 0.1) is 41.5 Å². The summed E-state index contributed by atoms with van der Waals surface area (Å²) in [5.74, 6) is -1.59. The smallest absolute Gasteiger partial charge is 0.384 e. The molecule has 2 aliphatic rings. The number of anilines is 6. The average molecular weight is 1570 g/mol. The second-order valence-electron chi connectivity index (χ2n) is 28.4. The van der Waals surface area contributed by atoms with Gasteiger partial charge in [-0.2, -0.15) is 54.8 Å². The maximum absolute atomic E-state index is 13.7. The summed E-state index contributed by atoms with van der Waals surface area (Å²) in [6, 6.07) is 25.9. The van der Waals surface area contributed by atoms with Crippen LogP contribution in [0.4, 0.5) is 73.6 Å². The first-order valence-corrected chi connectivity index (χ1v) is 36.3. The van der Waals surface area contributed by atoms with Crippen LogP contribution in [-0.2, 0) is 39.7 Å². The maximum atomic E-state index is 13.7. The molecule has 2 aliphatic heterocycles. The third kappa shape index (κ3) is 19.0. The molecule has 26 nitrogen and oxygen atoms in total. The molecule has 2 fully saturated rings. The van der Waals surface area contributed by atoms with E-state index in [1.165, 1.54) is 6.07 Å². The Morgan fingerprint density at radius 1 is 0.412 bits per heavy atom. The van der Waals surface area contributed by atoms with Crippen molar-refractivity contribution in [2.75, 3.05) is 105 Å². The van der Waals surface area contributed by atoms with Crippen molar-refractivity contribution in [3.63, 3.8) is 0 Å². The van der Waals surface area contributed by atoms with Gasteiger partial charge in [-0.3, -0.25) is 28.4 Å². The number of nitrogens with zero attached hydrogens (tertiary/aromatic N) is 19. The molecule has 35 heteroatoms. The zero-order chi connectivity index (χ0) is 81.8. The summed E-state index contributed by atoms with van der Waals surface area (Å²) in [4.78, 5) is 47.2. The molecule has 0 radical (unpaired) electrons. The number of piperazine rings is 1. The lowest BCUT2D eigenvalue weighted by Gasteiger charge is -2.34. The van der Waals surface area contributed by atoms with Gasteiger partial charge >= 0.3 is 18.5 Å². The topological polar surface area (TPSA) is 258 Å². The highest BCUT2D eigenvalue weighted by molar-refractivity contribution is 6.06. The van der Waals surface area contributed by atoms with E-state index in [0.29, 0.717) is 84.8 Å². The van der Waals surface area contributed by atoms with Gasteiger partial charge in [-0.05, 0) is 183 Å². The van der Waals surface area contributed by atoms with Crippen LogP contribution in [0.25, 0.3) is 50.8 Å². The van der Waals surface area contributed by atoms with E-state index in [2.05, 4.69) is 72.4 Å². The number of likely N-dealkylation sites (N-methyl/N-ethyl adjacent to an activating group) is 2. The van der Waals surface area contributed by atoms with Crippen LogP contribution in [0.5, 0.6) is 0 Å². The molecule has 4 N–H and O–H groups in total. The van der Waals surface area contributed by atoms with Gasteiger partial charge in [-0.15, -0.1) is 15.3 Å². The molecule has 0 atom stereocenters. The van der Waals surface area contributed by atoms with E-state index in [1.54, 1.807) is 132 Å². The molecule has 0 saturated carbocycles. The lowest BCUT2D eigenvalue weighted by atomic mass is 10.1. The molecular formula is C79H84F9N23O3. The molecule has 114 heavy (non-hydrogen) atoms. The predicted molar refractivity (Wildman–Crippen MR) is 415 cm³/mol. The Labute approximate surface area is 650 Å². The van der Waals surface area contributed by atoms with Crippen molar-refractivity contribution in [3.8, 4) is 50.8 Å². The SMILES string of the molecule is Cc1ccc(C(=O)Nc2cc(N3CCCC3)cc(C(F)(F)F)c2)cc1-n1cc(-c2cnn(C)c2C)nn1.Cc1ccc(C(=O)Nc2cc(N3CCN(C)CC3)cc(C(F)(F)F)c2)cc1-n1cc(-c2cnn(C)c2C)nn1.Cc1ccc(C(=O)Nc2cc(NCCN(C)C)cc(C(F)(F)F)c2)cc1-n1cc(-c2cnn(C)c2C)nn1. The van der Waals surface area contributed by atoms with E-state index in [-0.39, 0.29) is 39.4 Å². The first-order valence-electron chi connectivity index (χ1n) is 36.3. The molecule has 6 aromatic heterocycles. The molecule has 3 amide bonds. The Hall–Kier alpha value is -12.5.